The summed E-state index contributed by atoms with van der Waals surface area (Å²) < 4.78 is 4.52. The number of methoxy groups -OCH3 is 1. The highest BCUT2D eigenvalue weighted by Crippen LogP contribution is 2.02. The van der Waals surface area contributed by atoms with E-state index in [1.165, 1.54) is 7.11 Å². The van der Waals surface area contributed by atoms with Crippen molar-refractivity contribution in [1.29, 1.82) is 0 Å². The summed E-state index contributed by atoms with van der Waals surface area (Å²) in [6.45, 7) is 0. The van der Waals surface area contributed by atoms with Gasteiger partial charge in [0.05, 0.1) is 7.11 Å². The lowest BCUT2D eigenvalue weighted by Crippen LogP contribution is -2.33. The van der Waals surface area contributed by atoms with Crippen LogP contribution in [0.5, 0.6) is 0 Å². The molecule has 0 aliphatic heterocycles. The predicted octanol–water partition coefficient (Wildman–Crippen LogP) is 1.57. The molecular formula is C10H15Cl2NO2. The van der Waals surface area contributed by atoms with Crippen LogP contribution in [0.3, 0.4) is 0 Å². The summed E-state index contributed by atoms with van der Waals surface area (Å²) in [5, 5.41) is 0. The maximum atomic E-state index is 11.0. The van der Waals surface area contributed by atoms with E-state index in [1.807, 2.05) is 30.3 Å². The molecule has 0 spiro atoms. The summed E-state index contributed by atoms with van der Waals surface area (Å²) in [5.74, 6) is -0.371. The van der Waals surface area contributed by atoms with Crippen molar-refractivity contribution in [2.24, 2.45) is 5.73 Å². The summed E-state index contributed by atoms with van der Waals surface area (Å²) in [4.78, 5) is 11.0. The highest BCUT2D eigenvalue weighted by molar-refractivity contribution is 5.85. The van der Waals surface area contributed by atoms with Gasteiger partial charge in [0.25, 0.3) is 0 Å². The number of esters is 1. The number of hydrogen-bond donors (Lipinski definition) is 1. The average Bonchev–Trinajstić information content (AvgIpc) is 2.18. The molecule has 15 heavy (non-hydrogen) atoms. The number of hydrogen-bond acceptors (Lipinski definition) is 3. The van der Waals surface area contributed by atoms with Crippen LogP contribution in [0.15, 0.2) is 30.3 Å². The maximum absolute atomic E-state index is 11.0. The van der Waals surface area contributed by atoms with Crippen molar-refractivity contribution in [2.45, 2.75) is 12.5 Å². The molecule has 0 aliphatic rings. The largest absolute Gasteiger partial charge is 0.468 e. The van der Waals surface area contributed by atoms with Gasteiger partial charge in [0.1, 0.15) is 6.04 Å². The molecule has 5 heteroatoms. The number of carbonyl (C=O) groups excluding carboxylic acids is 1. The van der Waals surface area contributed by atoms with E-state index in [0.717, 1.165) is 5.56 Å². The van der Waals surface area contributed by atoms with Crippen LogP contribution in [0.2, 0.25) is 0 Å². The highest BCUT2D eigenvalue weighted by atomic mass is 35.5. The first-order valence-electron chi connectivity index (χ1n) is 4.11. The van der Waals surface area contributed by atoms with E-state index in [1.54, 1.807) is 0 Å². The Kier molecular flexibility index (Phi) is 9.47. The van der Waals surface area contributed by atoms with Crippen molar-refractivity contribution >= 4 is 30.8 Å². The first-order valence-corrected chi connectivity index (χ1v) is 4.11. The van der Waals surface area contributed by atoms with E-state index in [4.69, 9.17) is 5.73 Å². The third-order valence-corrected chi connectivity index (χ3v) is 1.80. The van der Waals surface area contributed by atoms with Crippen molar-refractivity contribution in [3.8, 4) is 0 Å². The summed E-state index contributed by atoms with van der Waals surface area (Å²) in [6, 6.07) is 9.06. The molecule has 1 atom stereocenters. The van der Waals surface area contributed by atoms with Crippen molar-refractivity contribution in [1.82, 2.24) is 0 Å². The van der Waals surface area contributed by atoms with Gasteiger partial charge in [-0.2, -0.15) is 0 Å². The van der Waals surface area contributed by atoms with Crippen LogP contribution in [-0.2, 0) is 16.0 Å². The molecule has 2 N–H and O–H groups in total. The summed E-state index contributed by atoms with van der Waals surface area (Å²) in [7, 11) is 1.34. The molecule has 0 bridgehead atoms. The maximum Gasteiger partial charge on any atom is 0.322 e. The lowest BCUT2D eigenvalue weighted by atomic mass is 10.1. The monoisotopic (exact) mass is 251 g/mol. The Morgan fingerprint density at radius 2 is 1.87 bits per heavy atom. The zero-order valence-corrected chi connectivity index (χ0v) is 10.0. The zero-order valence-electron chi connectivity index (χ0n) is 8.38. The molecule has 0 fully saturated rings. The quantitative estimate of drug-likeness (QED) is 0.831. The number of nitrogens with two attached hydrogens (primary N) is 1. The number of halogens is 2. The van der Waals surface area contributed by atoms with E-state index in [2.05, 4.69) is 4.74 Å². The second kappa shape index (κ2) is 8.53. The van der Waals surface area contributed by atoms with Gasteiger partial charge >= 0.3 is 5.97 Å². The molecule has 0 amide bonds. The summed E-state index contributed by atoms with van der Waals surface area (Å²) in [5.41, 5.74) is 6.63. The number of carbonyl (C=O) groups is 1. The van der Waals surface area contributed by atoms with Gasteiger partial charge in [0.15, 0.2) is 0 Å². The molecule has 1 aromatic rings. The van der Waals surface area contributed by atoms with Crippen LogP contribution in [0, 0.1) is 0 Å². The Labute approximate surface area is 102 Å². The Morgan fingerprint density at radius 1 is 1.33 bits per heavy atom. The molecule has 1 aromatic carbocycles. The second-order valence-electron chi connectivity index (χ2n) is 2.82. The molecule has 0 heterocycles. The van der Waals surface area contributed by atoms with E-state index >= 15 is 0 Å². The fraction of sp³-hybridized carbons (Fsp3) is 0.300. The lowest BCUT2D eigenvalue weighted by molar-refractivity contribution is -0.142. The summed E-state index contributed by atoms with van der Waals surface area (Å²) >= 11 is 0. The van der Waals surface area contributed by atoms with Gasteiger partial charge in [-0.15, -0.1) is 24.8 Å². The lowest BCUT2D eigenvalue weighted by Gasteiger charge is -2.08. The Bertz CT molecular complexity index is 280. The number of benzene rings is 1. The van der Waals surface area contributed by atoms with Crippen molar-refractivity contribution in [3.63, 3.8) is 0 Å². The fourth-order valence-electron chi connectivity index (χ4n) is 1.10. The predicted molar refractivity (Wildman–Crippen MR) is 64.6 cm³/mol. The zero-order chi connectivity index (χ0) is 9.68. The fourth-order valence-corrected chi connectivity index (χ4v) is 1.10. The highest BCUT2D eigenvalue weighted by Gasteiger charge is 2.13. The van der Waals surface area contributed by atoms with E-state index in [9.17, 15) is 4.79 Å². The van der Waals surface area contributed by atoms with Gasteiger partial charge in [0, 0.05) is 0 Å². The summed E-state index contributed by atoms with van der Waals surface area (Å²) in [6.07, 6.45) is 0.521. The normalized spacial score (nSPS) is 10.5. The van der Waals surface area contributed by atoms with Crippen LogP contribution in [0.1, 0.15) is 5.56 Å². The minimum absolute atomic E-state index is 0. The number of ether oxygens (including phenoxy) is 1. The molecule has 0 saturated heterocycles. The Hall–Kier alpha value is -0.770. The SMILES string of the molecule is COC(=O)[C@@H](N)Cc1ccccc1.Cl.Cl. The third kappa shape index (κ3) is 5.62. The van der Waals surface area contributed by atoms with Gasteiger partial charge in [0.2, 0.25) is 0 Å². The van der Waals surface area contributed by atoms with Crippen LogP contribution < -0.4 is 5.73 Å². The second-order valence-corrected chi connectivity index (χ2v) is 2.82. The van der Waals surface area contributed by atoms with Gasteiger partial charge in [-0.25, -0.2) is 0 Å². The average molecular weight is 252 g/mol. The Morgan fingerprint density at radius 3 is 2.33 bits per heavy atom. The van der Waals surface area contributed by atoms with E-state index in [-0.39, 0.29) is 30.8 Å². The van der Waals surface area contributed by atoms with Gasteiger partial charge in [-0.3, -0.25) is 4.79 Å². The Balaban J connectivity index is 0. The molecule has 0 unspecified atom stereocenters. The molecular weight excluding hydrogens is 237 g/mol. The first kappa shape index (κ1) is 16.7. The molecule has 86 valence electrons. The number of rotatable bonds is 3. The first-order chi connectivity index (χ1) is 6.24. The van der Waals surface area contributed by atoms with Crippen molar-refractivity contribution in [3.05, 3.63) is 35.9 Å². The molecule has 1 rings (SSSR count). The third-order valence-electron chi connectivity index (χ3n) is 1.80. The van der Waals surface area contributed by atoms with Gasteiger partial charge < -0.3 is 10.5 Å². The molecule has 0 saturated carbocycles. The standard InChI is InChI=1S/C10H13NO2.2ClH/c1-13-10(12)9(11)7-8-5-3-2-4-6-8;;/h2-6,9H,7,11H2,1H3;2*1H/t9-;;/m0../s1. The minimum atomic E-state index is -0.563. The smallest absolute Gasteiger partial charge is 0.322 e. The molecule has 0 aliphatic carbocycles. The van der Waals surface area contributed by atoms with Crippen molar-refractivity contribution < 1.29 is 9.53 Å². The topological polar surface area (TPSA) is 52.3 Å². The van der Waals surface area contributed by atoms with Crippen molar-refractivity contribution in [2.75, 3.05) is 7.11 Å². The van der Waals surface area contributed by atoms with Crippen LogP contribution in [-0.4, -0.2) is 19.1 Å². The van der Waals surface area contributed by atoms with Crippen LogP contribution in [0.25, 0.3) is 0 Å². The minimum Gasteiger partial charge on any atom is -0.468 e. The van der Waals surface area contributed by atoms with E-state index < -0.39 is 6.04 Å². The van der Waals surface area contributed by atoms with E-state index in [0.29, 0.717) is 6.42 Å². The molecule has 0 radical (unpaired) electrons. The van der Waals surface area contributed by atoms with Gasteiger partial charge in [-0.05, 0) is 12.0 Å². The van der Waals surface area contributed by atoms with Crippen LogP contribution in [0.4, 0.5) is 0 Å². The molecule has 3 nitrogen and oxygen atoms in total. The molecule has 0 aromatic heterocycles. The van der Waals surface area contributed by atoms with Crippen LogP contribution >= 0.6 is 24.8 Å². The van der Waals surface area contributed by atoms with Gasteiger partial charge in [-0.1, -0.05) is 30.3 Å².